The predicted molar refractivity (Wildman–Crippen MR) is 104 cm³/mol. The first-order valence-corrected chi connectivity index (χ1v) is 9.29. The maximum absolute atomic E-state index is 12.6. The Labute approximate surface area is 164 Å². The molecular formula is C21H25N3O4. The molecule has 1 fully saturated rings. The average Bonchev–Trinajstić information content (AvgIpc) is 2.68. The quantitative estimate of drug-likeness (QED) is 0.627. The van der Waals surface area contributed by atoms with E-state index in [4.69, 9.17) is 9.94 Å². The van der Waals surface area contributed by atoms with Crippen LogP contribution in [0.1, 0.15) is 29.8 Å². The van der Waals surface area contributed by atoms with Crippen molar-refractivity contribution in [1.82, 2.24) is 15.3 Å². The fraction of sp³-hybridized carbons (Fsp3) is 0.333. The van der Waals surface area contributed by atoms with Crippen molar-refractivity contribution in [3.05, 3.63) is 65.7 Å². The third-order valence-electron chi connectivity index (χ3n) is 4.88. The van der Waals surface area contributed by atoms with Gasteiger partial charge in [0.25, 0.3) is 5.91 Å². The van der Waals surface area contributed by atoms with Crippen molar-refractivity contribution in [2.45, 2.75) is 32.5 Å². The number of carbonyl (C=O) groups excluding carboxylic acids is 2. The molecule has 28 heavy (non-hydrogen) atoms. The van der Waals surface area contributed by atoms with E-state index in [0.717, 1.165) is 25.2 Å². The van der Waals surface area contributed by atoms with Crippen LogP contribution in [0.3, 0.4) is 0 Å². The van der Waals surface area contributed by atoms with Gasteiger partial charge in [-0.3, -0.25) is 19.8 Å². The second kappa shape index (κ2) is 8.86. The van der Waals surface area contributed by atoms with Gasteiger partial charge in [-0.2, -0.15) is 0 Å². The summed E-state index contributed by atoms with van der Waals surface area (Å²) < 4.78 is 5.50. The zero-order valence-electron chi connectivity index (χ0n) is 16.0. The molecule has 1 aliphatic rings. The lowest BCUT2D eigenvalue weighted by atomic mass is 10.1. The molecule has 2 N–H and O–H groups in total. The van der Waals surface area contributed by atoms with Crippen LogP contribution < -0.4 is 10.2 Å². The van der Waals surface area contributed by atoms with Gasteiger partial charge in [0.15, 0.2) is 0 Å². The molecule has 148 valence electrons. The molecule has 2 aromatic carbocycles. The molecule has 7 heteroatoms. The standard InChI is InChI=1S/C21H25N3O4/c1-15-12-23(14-17-8-10-18(11-9-17)20(25)22-27)13-16(2)24(15)21(26)28-19-6-4-3-5-7-19/h3-11,15-16,27H,12-14H2,1-2H3,(H,22,25)/t15-,16+. The van der Waals surface area contributed by atoms with Crippen LogP contribution in [-0.4, -0.2) is 52.2 Å². The van der Waals surface area contributed by atoms with Gasteiger partial charge in [-0.25, -0.2) is 10.3 Å². The van der Waals surface area contributed by atoms with Gasteiger partial charge in [-0.15, -0.1) is 0 Å². The molecular weight excluding hydrogens is 358 g/mol. The normalized spacial score (nSPS) is 19.9. The summed E-state index contributed by atoms with van der Waals surface area (Å²) in [4.78, 5) is 28.1. The minimum absolute atomic E-state index is 0.0133. The van der Waals surface area contributed by atoms with E-state index >= 15 is 0 Å². The Morgan fingerprint density at radius 2 is 1.64 bits per heavy atom. The third kappa shape index (κ3) is 4.68. The van der Waals surface area contributed by atoms with E-state index in [1.807, 2.05) is 44.2 Å². The van der Waals surface area contributed by atoms with E-state index in [1.165, 1.54) is 0 Å². The maximum atomic E-state index is 12.6. The lowest BCUT2D eigenvalue weighted by Gasteiger charge is -2.43. The molecule has 2 amide bonds. The minimum atomic E-state index is -0.528. The van der Waals surface area contributed by atoms with Gasteiger partial charge < -0.3 is 4.74 Å². The SMILES string of the molecule is C[C@@H]1CN(Cc2ccc(C(=O)NO)cc2)C[C@H](C)N1C(=O)Oc1ccccc1. The highest BCUT2D eigenvalue weighted by molar-refractivity contribution is 5.93. The number of hydroxylamine groups is 1. The summed E-state index contributed by atoms with van der Waals surface area (Å²) in [6, 6.07) is 16.2. The number of piperazine rings is 1. The first kappa shape index (κ1) is 19.9. The lowest BCUT2D eigenvalue weighted by molar-refractivity contribution is 0.0416. The maximum Gasteiger partial charge on any atom is 0.415 e. The van der Waals surface area contributed by atoms with E-state index in [1.54, 1.807) is 34.6 Å². The Morgan fingerprint density at radius 1 is 1.04 bits per heavy atom. The molecule has 0 aliphatic carbocycles. The van der Waals surface area contributed by atoms with Crippen molar-refractivity contribution in [1.29, 1.82) is 0 Å². The van der Waals surface area contributed by atoms with Crippen LogP contribution in [-0.2, 0) is 6.54 Å². The number of nitrogens with zero attached hydrogens (tertiary/aromatic N) is 2. The second-order valence-electron chi connectivity index (χ2n) is 7.12. The first-order valence-electron chi connectivity index (χ1n) is 9.29. The van der Waals surface area contributed by atoms with Gasteiger partial charge in [-0.1, -0.05) is 30.3 Å². The molecule has 0 aromatic heterocycles. The van der Waals surface area contributed by atoms with Crippen LogP contribution in [0.4, 0.5) is 4.79 Å². The number of nitrogens with one attached hydrogen (secondary N) is 1. The monoisotopic (exact) mass is 383 g/mol. The molecule has 0 bridgehead atoms. The number of carbonyl (C=O) groups is 2. The van der Waals surface area contributed by atoms with E-state index < -0.39 is 5.91 Å². The zero-order valence-corrected chi connectivity index (χ0v) is 16.0. The number of para-hydroxylation sites is 1. The Hall–Kier alpha value is -2.90. The number of benzene rings is 2. The fourth-order valence-corrected chi connectivity index (χ4v) is 3.65. The van der Waals surface area contributed by atoms with Gasteiger partial charge >= 0.3 is 6.09 Å². The zero-order chi connectivity index (χ0) is 20.1. The van der Waals surface area contributed by atoms with Crippen LogP contribution in [0, 0.1) is 0 Å². The highest BCUT2D eigenvalue weighted by atomic mass is 16.6. The molecule has 1 aliphatic heterocycles. The van der Waals surface area contributed by atoms with Crippen molar-refractivity contribution < 1.29 is 19.5 Å². The van der Waals surface area contributed by atoms with E-state index in [9.17, 15) is 9.59 Å². The van der Waals surface area contributed by atoms with E-state index in [-0.39, 0.29) is 18.2 Å². The smallest absolute Gasteiger partial charge is 0.410 e. The third-order valence-corrected chi connectivity index (χ3v) is 4.88. The van der Waals surface area contributed by atoms with E-state index in [2.05, 4.69) is 4.90 Å². The van der Waals surface area contributed by atoms with Crippen LogP contribution in [0.2, 0.25) is 0 Å². The topological polar surface area (TPSA) is 82.1 Å². The summed E-state index contributed by atoms with van der Waals surface area (Å²) in [5.41, 5.74) is 3.10. The van der Waals surface area contributed by atoms with Crippen molar-refractivity contribution in [2.75, 3.05) is 13.1 Å². The average molecular weight is 383 g/mol. The Morgan fingerprint density at radius 3 is 2.21 bits per heavy atom. The first-order chi connectivity index (χ1) is 13.5. The number of amides is 2. The number of hydrogen-bond acceptors (Lipinski definition) is 5. The van der Waals surface area contributed by atoms with Gasteiger partial charge in [0.1, 0.15) is 5.75 Å². The number of rotatable bonds is 4. The largest absolute Gasteiger partial charge is 0.415 e. The molecule has 7 nitrogen and oxygen atoms in total. The fourth-order valence-electron chi connectivity index (χ4n) is 3.65. The summed E-state index contributed by atoms with van der Waals surface area (Å²) in [6.45, 7) is 6.21. The van der Waals surface area contributed by atoms with Gasteiger partial charge in [0, 0.05) is 37.3 Å². The van der Waals surface area contributed by atoms with Crippen molar-refractivity contribution >= 4 is 12.0 Å². The van der Waals surface area contributed by atoms with E-state index in [0.29, 0.717) is 11.3 Å². The molecule has 0 spiro atoms. The van der Waals surface area contributed by atoms with Crippen LogP contribution >= 0.6 is 0 Å². The predicted octanol–water partition coefficient (Wildman–Crippen LogP) is 2.90. The van der Waals surface area contributed by atoms with Crippen LogP contribution in [0.15, 0.2) is 54.6 Å². The molecule has 2 aromatic rings. The Bertz CT molecular complexity index is 798. The van der Waals surface area contributed by atoms with Crippen LogP contribution in [0.25, 0.3) is 0 Å². The Balaban J connectivity index is 1.59. The molecule has 3 rings (SSSR count). The lowest BCUT2D eigenvalue weighted by Crippen LogP contribution is -2.58. The second-order valence-corrected chi connectivity index (χ2v) is 7.12. The summed E-state index contributed by atoms with van der Waals surface area (Å²) in [5, 5.41) is 8.69. The number of ether oxygens (including phenoxy) is 1. The van der Waals surface area contributed by atoms with Gasteiger partial charge in [0.2, 0.25) is 0 Å². The number of hydrogen-bond donors (Lipinski definition) is 2. The van der Waals surface area contributed by atoms with Gasteiger partial charge in [0.05, 0.1) is 0 Å². The molecule has 0 saturated carbocycles. The molecule has 1 saturated heterocycles. The molecule has 0 unspecified atom stereocenters. The molecule has 1 heterocycles. The van der Waals surface area contributed by atoms with Crippen LogP contribution in [0.5, 0.6) is 5.75 Å². The summed E-state index contributed by atoms with van der Waals surface area (Å²) in [5.74, 6) is 0.0145. The van der Waals surface area contributed by atoms with Crippen molar-refractivity contribution in [3.63, 3.8) is 0 Å². The Kier molecular flexibility index (Phi) is 6.28. The highest BCUT2D eigenvalue weighted by Crippen LogP contribution is 2.20. The van der Waals surface area contributed by atoms with Crippen molar-refractivity contribution in [3.8, 4) is 5.75 Å². The minimum Gasteiger partial charge on any atom is -0.410 e. The molecule has 0 radical (unpaired) electrons. The van der Waals surface area contributed by atoms with Crippen molar-refractivity contribution in [2.24, 2.45) is 0 Å². The van der Waals surface area contributed by atoms with Gasteiger partial charge in [-0.05, 0) is 43.7 Å². The molecule has 2 atom stereocenters. The highest BCUT2D eigenvalue weighted by Gasteiger charge is 2.34. The summed E-state index contributed by atoms with van der Waals surface area (Å²) >= 11 is 0. The summed E-state index contributed by atoms with van der Waals surface area (Å²) in [7, 11) is 0. The summed E-state index contributed by atoms with van der Waals surface area (Å²) in [6.07, 6.45) is -0.329.